The van der Waals surface area contributed by atoms with Crippen LogP contribution in [0.3, 0.4) is 0 Å². The van der Waals surface area contributed by atoms with Gasteiger partial charge in [-0.3, -0.25) is 4.68 Å². The highest BCUT2D eigenvalue weighted by molar-refractivity contribution is 4.91. The summed E-state index contributed by atoms with van der Waals surface area (Å²) in [5.41, 5.74) is 0. The van der Waals surface area contributed by atoms with Crippen molar-refractivity contribution in [3.8, 4) is 0 Å². The summed E-state index contributed by atoms with van der Waals surface area (Å²) >= 11 is 0. The first-order valence-corrected chi connectivity index (χ1v) is 7.55. The van der Waals surface area contributed by atoms with Crippen LogP contribution in [0.4, 0.5) is 0 Å². The van der Waals surface area contributed by atoms with Crippen molar-refractivity contribution >= 4 is 0 Å². The lowest BCUT2D eigenvalue weighted by atomic mass is 9.99. The van der Waals surface area contributed by atoms with Crippen molar-refractivity contribution in [1.29, 1.82) is 0 Å². The molecule has 108 valence electrons. The molecule has 1 aliphatic heterocycles. The molecular formula is C14H26N4O. The quantitative estimate of drug-likeness (QED) is 0.817. The Hall–Kier alpha value is -0.940. The van der Waals surface area contributed by atoms with Gasteiger partial charge in [0.1, 0.15) is 12.2 Å². The molecule has 5 heteroatoms. The van der Waals surface area contributed by atoms with E-state index < -0.39 is 0 Å². The van der Waals surface area contributed by atoms with E-state index in [2.05, 4.69) is 29.2 Å². The van der Waals surface area contributed by atoms with Crippen LogP contribution in [0.2, 0.25) is 0 Å². The van der Waals surface area contributed by atoms with Crippen molar-refractivity contribution in [3.05, 3.63) is 12.2 Å². The first-order chi connectivity index (χ1) is 9.33. The predicted molar refractivity (Wildman–Crippen MR) is 75.1 cm³/mol. The zero-order valence-electron chi connectivity index (χ0n) is 12.1. The summed E-state index contributed by atoms with van der Waals surface area (Å²) in [6.45, 7) is 7.05. The highest BCUT2D eigenvalue weighted by Crippen LogP contribution is 2.18. The minimum atomic E-state index is 0.413. The first-order valence-electron chi connectivity index (χ1n) is 7.55. The average molecular weight is 266 g/mol. The third-order valence-electron chi connectivity index (χ3n) is 3.74. The third kappa shape index (κ3) is 4.28. The molecule has 0 amide bonds. The van der Waals surface area contributed by atoms with Gasteiger partial charge in [0.25, 0.3) is 0 Å². The van der Waals surface area contributed by atoms with Gasteiger partial charge < -0.3 is 10.1 Å². The van der Waals surface area contributed by atoms with Crippen LogP contribution >= 0.6 is 0 Å². The fourth-order valence-corrected chi connectivity index (χ4v) is 2.77. The van der Waals surface area contributed by atoms with Crippen LogP contribution in [0.15, 0.2) is 6.33 Å². The van der Waals surface area contributed by atoms with Crippen molar-refractivity contribution in [2.24, 2.45) is 0 Å². The molecule has 0 aromatic carbocycles. The Morgan fingerprint density at radius 3 is 3.05 bits per heavy atom. The van der Waals surface area contributed by atoms with E-state index in [1.54, 1.807) is 6.33 Å². The number of aryl methyl sites for hydroxylation is 1. The molecule has 0 radical (unpaired) electrons. The lowest BCUT2D eigenvalue weighted by molar-refractivity contribution is 0.00519. The standard InChI is InChI=1S/C14H26N4O/c1-3-15-12(9-13-7-5-6-8-19-13)10-14-16-11-17-18(14)4-2/h11-13,15H,3-10H2,1-2H3. The van der Waals surface area contributed by atoms with Crippen LogP contribution in [0.1, 0.15) is 45.4 Å². The number of ether oxygens (including phenoxy) is 1. The van der Waals surface area contributed by atoms with Gasteiger partial charge in [-0.15, -0.1) is 0 Å². The van der Waals surface area contributed by atoms with Crippen LogP contribution in [0.5, 0.6) is 0 Å². The molecule has 19 heavy (non-hydrogen) atoms. The van der Waals surface area contributed by atoms with Gasteiger partial charge in [-0.05, 0) is 39.2 Å². The van der Waals surface area contributed by atoms with Crippen LogP contribution in [-0.2, 0) is 17.7 Å². The van der Waals surface area contributed by atoms with E-state index in [0.717, 1.165) is 38.4 Å². The number of hydrogen-bond donors (Lipinski definition) is 1. The van der Waals surface area contributed by atoms with Crippen molar-refractivity contribution in [2.75, 3.05) is 13.2 Å². The molecule has 0 saturated carbocycles. The molecule has 1 N–H and O–H groups in total. The Morgan fingerprint density at radius 1 is 1.47 bits per heavy atom. The van der Waals surface area contributed by atoms with Crippen LogP contribution in [-0.4, -0.2) is 40.1 Å². The normalized spacial score (nSPS) is 21.5. The second-order valence-electron chi connectivity index (χ2n) is 5.18. The molecule has 0 spiro atoms. The summed E-state index contributed by atoms with van der Waals surface area (Å²) < 4.78 is 7.83. The molecule has 1 aromatic heterocycles. The maximum Gasteiger partial charge on any atom is 0.138 e. The number of likely N-dealkylation sites (N-methyl/N-ethyl adjacent to an activating group) is 1. The second kappa shape index (κ2) is 7.60. The zero-order valence-corrected chi connectivity index (χ0v) is 12.1. The van der Waals surface area contributed by atoms with Crippen molar-refractivity contribution in [2.45, 2.75) is 64.6 Å². The zero-order chi connectivity index (χ0) is 13.5. The van der Waals surface area contributed by atoms with Gasteiger partial charge >= 0.3 is 0 Å². The molecule has 1 fully saturated rings. The van der Waals surface area contributed by atoms with Gasteiger partial charge in [0.15, 0.2) is 0 Å². The predicted octanol–water partition coefficient (Wildman–Crippen LogP) is 1.78. The van der Waals surface area contributed by atoms with Gasteiger partial charge in [0.05, 0.1) is 6.10 Å². The second-order valence-corrected chi connectivity index (χ2v) is 5.18. The third-order valence-corrected chi connectivity index (χ3v) is 3.74. The molecule has 0 aliphatic carbocycles. The minimum Gasteiger partial charge on any atom is -0.378 e. The lowest BCUT2D eigenvalue weighted by Crippen LogP contribution is -2.37. The van der Waals surface area contributed by atoms with Crippen LogP contribution < -0.4 is 5.32 Å². The van der Waals surface area contributed by atoms with E-state index in [4.69, 9.17) is 4.74 Å². The Kier molecular flexibility index (Phi) is 5.79. The van der Waals surface area contributed by atoms with Crippen molar-refractivity contribution in [3.63, 3.8) is 0 Å². The molecule has 2 heterocycles. The van der Waals surface area contributed by atoms with Crippen molar-refractivity contribution in [1.82, 2.24) is 20.1 Å². The van der Waals surface area contributed by atoms with E-state index in [9.17, 15) is 0 Å². The molecule has 0 bridgehead atoms. The Morgan fingerprint density at radius 2 is 2.37 bits per heavy atom. The smallest absolute Gasteiger partial charge is 0.138 e. The summed E-state index contributed by atoms with van der Waals surface area (Å²) in [5, 5.41) is 7.80. The topological polar surface area (TPSA) is 52.0 Å². The van der Waals surface area contributed by atoms with Gasteiger partial charge in [0.2, 0.25) is 0 Å². The average Bonchev–Trinajstić information content (AvgIpc) is 2.87. The molecule has 2 unspecified atom stereocenters. The summed E-state index contributed by atoms with van der Waals surface area (Å²) in [6, 6.07) is 0.433. The van der Waals surface area contributed by atoms with Crippen LogP contribution in [0, 0.1) is 0 Å². The SMILES string of the molecule is CCNC(Cc1ncnn1CC)CC1CCCCO1. The van der Waals surface area contributed by atoms with E-state index in [1.807, 2.05) is 4.68 Å². The lowest BCUT2D eigenvalue weighted by Gasteiger charge is -2.27. The highest BCUT2D eigenvalue weighted by Gasteiger charge is 2.20. The minimum absolute atomic E-state index is 0.413. The molecule has 5 nitrogen and oxygen atoms in total. The van der Waals surface area contributed by atoms with E-state index in [1.165, 1.54) is 19.3 Å². The van der Waals surface area contributed by atoms with E-state index in [0.29, 0.717) is 12.1 Å². The summed E-state index contributed by atoms with van der Waals surface area (Å²) in [5.74, 6) is 1.07. The Bertz CT molecular complexity index is 360. The Balaban J connectivity index is 1.91. The van der Waals surface area contributed by atoms with Gasteiger partial charge in [-0.2, -0.15) is 5.10 Å². The molecule has 1 aromatic rings. The summed E-state index contributed by atoms with van der Waals surface area (Å²) in [4.78, 5) is 4.37. The summed E-state index contributed by atoms with van der Waals surface area (Å²) in [7, 11) is 0. The molecule has 2 rings (SSSR count). The van der Waals surface area contributed by atoms with Gasteiger partial charge in [0, 0.05) is 25.6 Å². The monoisotopic (exact) mass is 266 g/mol. The number of aromatic nitrogens is 3. The molecular weight excluding hydrogens is 240 g/mol. The maximum absolute atomic E-state index is 5.85. The Labute approximate surface area is 115 Å². The number of nitrogens with zero attached hydrogens (tertiary/aromatic N) is 3. The number of nitrogens with one attached hydrogen (secondary N) is 1. The number of hydrogen-bond acceptors (Lipinski definition) is 4. The maximum atomic E-state index is 5.85. The highest BCUT2D eigenvalue weighted by atomic mass is 16.5. The van der Waals surface area contributed by atoms with E-state index >= 15 is 0 Å². The largest absolute Gasteiger partial charge is 0.378 e. The van der Waals surface area contributed by atoms with Gasteiger partial charge in [-0.25, -0.2) is 4.98 Å². The van der Waals surface area contributed by atoms with Crippen LogP contribution in [0.25, 0.3) is 0 Å². The number of rotatable bonds is 7. The van der Waals surface area contributed by atoms with Crippen molar-refractivity contribution < 1.29 is 4.74 Å². The molecule has 2 atom stereocenters. The van der Waals surface area contributed by atoms with Gasteiger partial charge in [-0.1, -0.05) is 6.92 Å². The van der Waals surface area contributed by atoms with E-state index in [-0.39, 0.29) is 0 Å². The fourth-order valence-electron chi connectivity index (χ4n) is 2.77. The molecule has 1 saturated heterocycles. The molecule has 1 aliphatic rings. The fraction of sp³-hybridized carbons (Fsp3) is 0.857. The summed E-state index contributed by atoms with van der Waals surface area (Å²) in [6.07, 6.45) is 7.78. The first kappa shape index (κ1) is 14.5.